The Morgan fingerprint density at radius 1 is 1.30 bits per heavy atom. The molecule has 0 radical (unpaired) electrons. The van der Waals surface area contributed by atoms with E-state index >= 15 is 0 Å². The molecule has 1 aromatic carbocycles. The van der Waals surface area contributed by atoms with Gasteiger partial charge in [-0.3, -0.25) is 9.59 Å². The number of pyridine rings is 2. The first-order chi connectivity index (χ1) is 15.8. The van der Waals surface area contributed by atoms with Gasteiger partial charge in [-0.2, -0.15) is 8.78 Å². The zero-order chi connectivity index (χ0) is 23.7. The third kappa shape index (κ3) is 4.78. The van der Waals surface area contributed by atoms with Crippen molar-refractivity contribution >= 4 is 57.1 Å². The quantitative estimate of drug-likeness (QED) is 0.275. The van der Waals surface area contributed by atoms with Crippen LogP contribution in [0.25, 0.3) is 21.9 Å². The number of halogens is 3. The van der Waals surface area contributed by atoms with Gasteiger partial charge in [-0.15, -0.1) is 11.8 Å². The van der Waals surface area contributed by atoms with Crippen LogP contribution in [0.3, 0.4) is 0 Å². The summed E-state index contributed by atoms with van der Waals surface area (Å²) in [6.07, 6.45) is 2.18. The van der Waals surface area contributed by atoms with E-state index < -0.39 is 18.7 Å². The second kappa shape index (κ2) is 9.82. The molecule has 0 saturated heterocycles. The van der Waals surface area contributed by atoms with Gasteiger partial charge in [0.25, 0.3) is 0 Å². The molecule has 11 heteroatoms. The van der Waals surface area contributed by atoms with Crippen LogP contribution in [-0.4, -0.2) is 47.1 Å². The van der Waals surface area contributed by atoms with Crippen molar-refractivity contribution in [1.29, 1.82) is 0 Å². The number of fused-ring (bicyclic) bond motifs is 2. The van der Waals surface area contributed by atoms with E-state index in [0.29, 0.717) is 50.5 Å². The standard InChI is InChI=1S/C22H22ClF2N3O4S/c1-3-31-17(29)10-28-18-13(4-6-15(23)20(18)33-2)19(30)14-5-7-16(27-21(14)28)26-11-8-12(9-11)32-22(24)25/h4-7,11-12,22H,3,8-10H2,1-2H3,(H,26,27). The molecular formula is C22H22ClF2N3O4S. The average molecular weight is 498 g/mol. The first-order valence-electron chi connectivity index (χ1n) is 10.4. The van der Waals surface area contributed by atoms with Crippen LogP contribution in [0.4, 0.5) is 14.6 Å². The molecule has 2 heterocycles. The van der Waals surface area contributed by atoms with E-state index in [1.54, 1.807) is 35.8 Å². The molecule has 0 unspecified atom stereocenters. The molecular weight excluding hydrogens is 476 g/mol. The molecule has 1 N–H and O–H groups in total. The van der Waals surface area contributed by atoms with E-state index in [0.717, 1.165) is 0 Å². The SMILES string of the molecule is CCOC(=O)Cn1c2nc(NC3CC(OC(F)F)C3)ccc2c(=O)c2ccc(Cl)c(SC)c21. The smallest absolute Gasteiger partial charge is 0.345 e. The Hall–Kier alpha value is -2.43. The molecule has 1 aliphatic carbocycles. The summed E-state index contributed by atoms with van der Waals surface area (Å²) in [6.45, 7) is -1.01. The molecule has 1 fully saturated rings. The number of carbonyl (C=O) groups excluding carboxylic acids is 1. The zero-order valence-corrected chi connectivity index (χ0v) is 19.5. The summed E-state index contributed by atoms with van der Waals surface area (Å²) in [4.78, 5) is 31.0. The topological polar surface area (TPSA) is 82.5 Å². The Balaban J connectivity index is 1.81. The van der Waals surface area contributed by atoms with Crippen molar-refractivity contribution in [3.05, 3.63) is 39.5 Å². The fourth-order valence-corrected chi connectivity index (χ4v) is 5.05. The van der Waals surface area contributed by atoms with Crippen molar-refractivity contribution in [3.63, 3.8) is 0 Å². The highest BCUT2D eigenvalue weighted by atomic mass is 35.5. The Bertz CT molecular complexity index is 1260. The minimum atomic E-state index is -2.79. The molecule has 0 amide bonds. The number of nitrogens with one attached hydrogen (secondary N) is 1. The lowest BCUT2D eigenvalue weighted by molar-refractivity contribution is -0.182. The molecule has 0 atom stereocenters. The van der Waals surface area contributed by atoms with Crippen LogP contribution in [0, 0.1) is 0 Å². The molecule has 7 nitrogen and oxygen atoms in total. The fraction of sp³-hybridized carbons (Fsp3) is 0.409. The van der Waals surface area contributed by atoms with Gasteiger partial charge in [0.2, 0.25) is 0 Å². The van der Waals surface area contributed by atoms with Gasteiger partial charge in [0.1, 0.15) is 18.0 Å². The Morgan fingerprint density at radius 2 is 2.03 bits per heavy atom. The summed E-state index contributed by atoms with van der Waals surface area (Å²) in [5, 5.41) is 4.42. The monoisotopic (exact) mass is 497 g/mol. The van der Waals surface area contributed by atoms with Crippen molar-refractivity contribution < 1.29 is 23.0 Å². The maximum atomic E-state index is 13.2. The van der Waals surface area contributed by atoms with Crippen molar-refractivity contribution in [2.45, 2.75) is 50.0 Å². The number of hydrogen-bond acceptors (Lipinski definition) is 7. The number of nitrogens with zero attached hydrogens (tertiary/aromatic N) is 2. The van der Waals surface area contributed by atoms with E-state index in [4.69, 9.17) is 16.3 Å². The van der Waals surface area contributed by atoms with E-state index in [1.165, 1.54) is 11.8 Å². The number of aromatic nitrogens is 2. The number of thioether (sulfide) groups is 1. The molecule has 2 aromatic heterocycles. The number of esters is 1. The lowest BCUT2D eigenvalue weighted by Crippen LogP contribution is -2.41. The fourth-order valence-electron chi connectivity index (χ4n) is 3.99. The van der Waals surface area contributed by atoms with Gasteiger partial charge in [-0.1, -0.05) is 11.6 Å². The highest BCUT2D eigenvalue weighted by Gasteiger charge is 2.32. The molecule has 3 aromatic rings. The predicted molar refractivity (Wildman–Crippen MR) is 124 cm³/mol. The molecule has 176 valence electrons. The van der Waals surface area contributed by atoms with Crippen molar-refractivity contribution in [2.75, 3.05) is 18.2 Å². The molecule has 0 spiro atoms. The van der Waals surface area contributed by atoms with Gasteiger partial charge >= 0.3 is 12.6 Å². The lowest BCUT2D eigenvalue weighted by atomic mass is 9.89. The minimum Gasteiger partial charge on any atom is -0.465 e. The molecule has 1 saturated carbocycles. The number of alkyl halides is 2. The lowest BCUT2D eigenvalue weighted by Gasteiger charge is -2.35. The number of anilines is 1. The number of hydrogen-bond donors (Lipinski definition) is 1. The van der Waals surface area contributed by atoms with Crippen LogP contribution in [-0.2, 0) is 20.8 Å². The van der Waals surface area contributed by atoms with Crippen LogP contribution in [0.5, 0.6) is 0 Å². The number of ether oxygens (including phenoxy) is 2. The average Bonchev–Trinajstić information content (AvgIpc) is 2.74. The normalized spacial score (nSPS) is 18.0. The summed E-state index contributed by atoms with van der Waals surface area (Å²) >= 11 is 7.77. The summed E-state index contributed by atoms with van der Waals surface area (Å²) in [5.74, 6) is -0.00555. The summed E-state index contributed by atoms with van der Waals surface area (Å²) < 4.78 is 36.0. The largest absolute Gasteiger partial charge is 0.465 e. The van der Waals surface area contributed by atoms with E-state index in [9.17, 15) is 18.4 Å². The number of carbonyl (C=O) groups is 1. The Labute approximate surface area is 197 Å². The molecule has 33 heavy (non-hydrogen) atoms. The van der Waals surface area contributed by atoms with Crippen LogP contribution in [0.15, 0.2) is 34.0 Å². The second-order valence-corrected chi connectivity index (χ2v) is 8.82. The zero-order valence-electron chi connectivity index (χ0n) is 17.9. The predicted octanol–water partition coefficient (Wildman–Crippen LogP) is 4.67. The van der Waals surface area contributed by atoms with Crippen LogP contribution in [0.2, 0.25) is 5.02 Å². The maximum Gasteiger partial charge on any atom is 0.345 e. The van der Waals surface area contributed by atoms with Gasteiger partial charge < -0.3 is 19.4 Å². The highest BCUT2D eigenvalue weighted by Crippen LogP contribution is 2.34. The summed E-state index contributed by atoms with van der Waals surface area (Å²) in [6, 6.07) is 6.53. The number of benzene rings is 1. The Kier molecular flexibility index (Phi) is 7.06. The first-order valence-corrected chi connectivity index (χ1v) is 12.0. The highest BCUT2D eigenvalue weighted by molar-refractivity contribution is 7.99. The molecule has 0 aliphatic heterocycles. The van der Waals surface area contributed by atoms with E-state index in [-0.39, 0.29) is 24.6 Å². The second-order valence-electron chi connectivity index (χ2n) is 7.60. The van der Waals surface area contributed by atoms with Gasteiger partial charge in [0.15, 0.2) is 5.43 Å². The van der Waals surface area contributed by atoms with Crippen LogP contribution >= 0.6 is 23.4 Å². The van der Waals surface area contributed by atoms with Gasteiger partial charge in [0, 0.05) is 11.4 Å². The number of rotatable bonds is 8. The first kappa shape index (κ1) is 23.7. The van der Waals surface area contributed by atoms with Crippen molar-refractivity contribution in [3.8, 4) is 0 Å². The molecule has 4 rings (SSSR count). The van der Waals surface area contributed by atoms with Gasteiger partial charge in [-0.05, 0) is 50.3 Å². The van der Waals surface area contributed by atoms with Crippen molar-refractivity contribution in [1.82, 2.24) is 9.55 Å². The third-order valence-electron chi connectivity index (χ3n) is 5.51. The minimum absolute atomic E-state index is 0.0828. The van der Waals surface area contributed by atoms with E-state index in [1.807, 2.05) is 6.26 Å². The Morgan fingerprint density at radius 3 is 2.70 bits per heavy atom. The summed E-state index contributed by atoms with van der Waals surface area (Å²) in [7, 11) is 0. The van der Waals surface area contributed by atoms with Crippen LogP contribution < -0.4 is 10.7 Å². The van der Waals surface area contributed by atoms with Gasteiger partial charge in [-0.25, -0.2) is 4.98 Å². The third-order valence-corrected chi connectivity index (χ3v) is 6.76. The maximum absolute atomic E-state index is 13.2. The van der Waals surface area contributed by atoms with Crippen LogP contribution in [0.1, 0.15) is 19.8 Å². The van der Waals surface area contributed by atoms with E-state index in [2.05, 4.69) is 15.0 Å². The molecule has 0 bridgehead atoms. The van der Waals surface area contributed by atoms with Crippen molar-refractivity contribution in [2.24, 2.45) is 0 Å². The summed E-state index contributed by atoms with van der Waals surface area (Å²) in [5.41, 5.74) is 0.599. The molecule has 1 aliphatic rings. The van der Waals surface area contributed by atoms with Gasteiger partial charge in [0.05, 0.1) is 33.5 Å².